The molecule has 5 nitrogen and oxygen atoms in total. The quantitative estimate of drug-likeness (QED) is 0.549. The lowest BCUT2D eigenvalue weighted by Gasteiger charge is -2.08. The molecule has 0 spiro atoms. The van der Waals surface area contributed by atoms with E-state index < -0.39 is 5.79 Å². The minimum atomic E-state index is -1.50. The average Bonchev–Trinajstić information content (AvgIpc) is 2.48. The summed E-state index contributed by atoms with van der Waals surface area (Å²) in [6.07, 6.45) is 1.74. The molecule has 0 aromatic carbocycles. The van der Waals surface area contributed by atoms with Crippen LogP contribution < -0.4 is 0 Å². The molecule has 0 bridgehead atoms. The van der Waals surface area contributed by atoms with Gasteiger partial charge in [-0.3, -0.25) is 0 Å². The standard InChI is InChI=1S/C6H12O3.C3H8O2/c1-8-6-3-2-5(4-7)9-6;1-3(2,4)5/h5-7H,2-4H2,1H3;4-5H,1-2H3/t5-,6?;/m0./s1. The van der Waals surface area contributed by atoms with Gasteiger partial charge < -0.3 is 24.8 Å². The second-order valence-electron chi connectivity index (χ2n) is 3.68. The molecule has 86 valence electrons. The number of rotatable bonds is 2. The molecule has 3 N–H and O–H groups in total. The van der Waals surface area contributed by atoms with Crippen molar-refractivity contribution in [2.45, 2.75) is 44.9 Å². The number of aliphatic hydroxyl groups is 3. The maximum absolute atomic E-state index is 8.60. The van der Waals surface area contributed by atoms with Crippen LogP contribution in [0.15, 0.2) is 0 Å². The van der Waals surface area contributed by atoms with E-state index in [0.29, 0.717) is 0 Å². The highest BCUT2D eigenvalue weighted by molar-refractivity contribution is 4.65. The Morgan fingerprint density at radius 3 is 2.07 bits per heavy atom. The van der Waals surface area contributed by atoms with Crippen LogP contribution >= 0.6 is 0 Å². The van der Waals surface area contributed by atoms with Gasteiger partial charge in [-0.25, -0.2) is 0 Å². The molecule has 1 unspecified atom stereocenters. The largest absolute Gasteiger partial charge is 0.394 e. The first kappa shape index (κ1) is 13.8. The van der Waals surface area contributed by atoms with E-state index in [4.69, 9.17) is 24.8 Å². The van der Waals surface area contributed by atoms with Gasteiger partial charge >= 0.3 is 0 Å². The van der Waals surface area contributed by atoms with Crippen LogP contribution in [0.5, 0.6) is 0 Å². The predicted octanol–water partition coefficient (Wildman–Crippen LogP) is -0.163. The van der Waals surface area contributed by atoms with E-state index in [-0.39, 0.29) is 19.0 Å². The van der Waals surface area contributed by atoms with E-state index in [1.54, 1.807) is 7.11 Å². The summed E-state index contributed by atoms with van der Waals surface area (Å²) in [5.74, 6) is -1.50. The summed E-state index contributed by atoms with van der Waals surface area (Å²) >= 11 is 0. The molecule has 2 atom stereocenters. The molecule has 0 amide bonds. The van der Waals surface area contributed by atoms with Gasteiger partial charge in [0.15, 0.2) is 12.1 Å². The summed E-state index contributed by atoms with van der Waals surface area (Å²) in [5, 5.41) is 24.8. The van der Waals surface area contributed by atoms with Gasteiger partial charge in [-0.05, 0) is 20.3 Å². The molecule has 0 aromatic rings. The van der Waals surface area contributed by atoms with Crippen molar-refractivity contribution >= 4 is 0 Å². The first-order valence-corrected chi connectivity index (χ1v) is 4.60. The number of ether oxygens (including phenoxy) is 2. The Bertz CT molecular complexity index is 127. The fraction of sp³-hybridized carbons (Fsp3) is 1.00. The zero-order chi connectivity index (χ0) is 11.2. The normalized spacial score (nSPS) is 27.0. The van der Waals surface area contributed by atoms with Gasteiger partial charge in [-0.2, -0.15) is 0 Å². The van der Waals surface area contributed by atoms with E-state index in [1.807, 2.05) is 0 Å². The Morgan fingerprint density at radius 2 is 1.86 bits per heavy atom. The molecular weight excluding hydrogens is 188 g/mol. The summed E-state index contributed by atoms with van der Waals surface area (Å²) in [6, 6.07) is 0. The Kier molecular flexibility index (Phi) is 6.22. The van der Waals surface area contributed by atoms with E-state index in [9.17, 15) is 0 Å². The average molecular weight is 208 g/mol. The summed E-state index contributed by atoms with van der Waals surface area (Å²) in [4.78, 5) is 0. The first-order chi connectivity index (χ1) is 6.36. The molecule has 0 aromatic heterocycles. The third-order valence-corrected chi connectivity index (χ3v) is 1.54. The molecule has 1 rings (SSSR count). The molecule has 1 aliphatic heterocycles. The van der Waals surface area contributed by atoms with Gasteiger partial charge in [0.25, 0.3) is 0 Å². The van der Waals surface area contributed by atoms with Crippen molar-refractivity contribution < 1.29 is 24.8 Å². The van der Waals surface area contributed by atoms with E-state index in [1.165, 1.54) is 13.8 Å². The number of hydrogen-bond acceptors (Lipinski definition) is 5. The maximum Gasteiger partial charge on any atom is 0.157 e. The third-order valence-electron chi connectivity index (χ3n) is 1.54. The van der Waals surface area contributed by atoms with Crippen molar-refractivity contribution in [2.24, 2.45) is 0 Å². The smallest absolute Gasteiger partial charge is 0.157 e. The lowest BCUT2D eigenvalue weighted by atomic mass is 10.2. The topological polar surface area (TPSA) is 79.2 Å². The van der Waals surface area contributed by atoms with Crippen LogP contribution in [0.3, 0.4) is 0 Å². The van der Waals surface area contributed by atoms with Crippen molar-refractivity contribution in [3.05, 3.63) is 0 Å². The fourth-order valence-electron chi connectivity index (χ4n) is 0.980. The molecule has 0 aliphatic carbocycles. The van der Waals surface area contributed by atoms with Gasteiger partial charge in [-0.15, -0.1) is 0 Å². The summed E-state index contributed by atoms with van der Waals surface area (Å²) in [5.41, 5.74) is 0. The second kappa shape index (κ2) is 6.31. The van der Waals surface area contributed by atoms with Crippen LogP contribution in [0.2, 0.25) is 0 Å². The number of hydrogen-bond donors (Lipinski definition) is 3. The lowest BCUT2D eigenvalue weighted by molar-refractivity contribution is -0.127. The van der Waals surface area contributed by atoms with Gasteiger partial charge in [0.1, 0.15) is 0 Å². The highest BCUT2D eigenvalue weighted by Gasteiger charge is 2.23. The predicted molar refractivity (Wildman–Crippen MR) is 50.5 cm³/mol. The summed E-state index contributed by atoms with van der Waals surface area (Å²) < 4.78 is 10.1. The molecule has 5 heteroatoms. The molecular formula is C9H20O5. The minimum Gasteiger partial charge on any atom is -0.394 e. The molecule has 1 aliphatic rings. The fourth-order valence-corrected chi connectivity index (χ4v) is 0.980. The zero-order valence-corrected chi connectivity index (χ0v) is 8.93. The Hall–Kier alpha value is -0.200. The monoisotopic (exact) mass is 208 g/mol. The van der Waals surface area contributed by atoms with Crippen molar-refractivity contribution in [3.8, 4) is 0 Å². The SMILES string of the molecule is CC(C)(O)O.COC1CC[C@@H](CO)O1. The molecule has 1 saturated heterocycles. The van der Waals surface area contributed by atoms with Gasteiger partial charge in [0, 0.05) is 13.5 Å². The first-order valence-electron chi connectivity index (χ1n) is 4.60. The van der Waals surface area contributed by atoms with Gasteiger partial charge in [-0.1, -0.05) is 0 Å². The number of aliphatic hydroxyl groups excluding tert-OH is 1. The van der Waals surface area contributed by atoms with E-state index >= 15 is 0 Å². The Morgan fingerprint density at radius 1 is 1.36 bits per heavy atom. The van der Waals surface area contributed by atoms with Crippen LogP contribution in [-0.4, -0.2) is 47.2 Å². The second-order valence-corrected chi connectivity index (χ2v) is 3.68. The van der Waals surface area contributed by atoms with Gasteiger partial charge in [0.2, 0.25) is 0 Å². The van der Waals surface area contributed by atoms with Crippen molar-refractivity contribution in [1.29, 1.82) is 0 Å². The highest BCUT2D eigenvalue weighted by atomic mass is 16.7. The molecule has 0 saturated carbocycles. The summed E-state index contributed by atoms with van der Waals surface area (Å²) in [7, 11) is 1.62. The lowest BCUT2D eigenvalue weighted by Crippen LogP contribution is -2.15. The molecule has 14 heavy (non-hydrogen) atoms. The van der Waals surface area contributed by atoms with E-state index in [0.717, 1.165) is 12.8 Å². The summed E-state index contributed by atoms with van der Waals surface area (Å²) in [6.45, 7) is 2.71. The molecule has 1 fully saturated rings. The van der Waals surface area contributed by atoms with E-state index in [2.05, 4.69) is 0 Å². The molecule has 1 heterocycles. The van der Waals surface area contributed by atoms with Gasteiger partial charge in [0.05, 0.1) is 12.7 Å². The van der Waals surface area contributed by atoms with Crippen molar-refractivity contribution in [3.63, 3.8) is 0 Å². The maximum atomic E-state index is 8.60. The van der Waals surface area contributed by atoms with Crippen molar-refractivity contribution in [1.82, 2.24) is 0 Å². The van der Waals surface area contributed by atoms with Crippen molar-refractivity contribution in [2.75, 3.05) is 13.7 Å². The molecule has 0 radical (unpaired) electrons. The van der Waals surface area contributed by atoms with Crippen LogP contribution in [0.25, 0.3) is 0 Å². The van der Waals surface area contributed by atoms with Crippen LogP contribution in [-0.2, 0) is 9.47 Å². The Labute approximate surface area is 84.3 Å². The van der Waals surface area contributed by atoms with Crippen LogP contribution in [0.1, 0.15) is 26.7 Å². The zero-order valence-electron chi connectivity index (χ0n) is 8.93. The minimum absolute atomic E-state index is 0.00921. The highest BCUT2D eigenvalue weighted by Crippen LogP contribution is 2.18. The Balaban J connectivity index is 0.000000292. The van der Waals surface area contributed by atoms with Crippen LogP contribution in [0.4, 0.5) is 0 Å². The number of methoxy groups -OCH3 is 1. The third kappa shape index (κ3) is 8.40. The van der Waals surface area contributed by atoms with Crippen LogP contribution in [0, 0.1) is 0 Å².